The molecule has 6 nitrogen and oxygen atoms in total. The summed E-state index contributed by atoms with van der Waals surface area (Å²) >= 11 is 6.12. The molecule has 23 heavy (non-hydrogen) atoms. The Morgan fingerprint density at radius 1 is 1.26 bits per heavy atom. The molecule has 1 aromatic carbocycles. The number of piperazine rings is 1. The van der Waals surface area contributed by atoms with Gasteiger partial charge < -0.3 is 15.0 Å². The van der Waals surface area contributed by atoms with Crippen molar-refractivity contribution < 1.29 is 14.3 Å². The first-order valence-corrected chi connectivity index (χ1v) is 7.92. The Labute approximate surface area is 141 Å². The zero-order valence-corrected chi connectivity index (χ0v) is 14.2. The molecular weight excluding hydrogens is 318 g/mol. The summed E-state index contributed by atoms with van der Waals surface area (Å²) in [5.74, 6) is -0.115. The SMILES string of the molecule is COCC(=O)N1CCN(CC(=O)Nc2ccc(C)cc2Cl)CC1. The van der Waals surface area contributed by atoms with Gasteiger partial charge in [-0.3, -0.25) is 14.5 Å². The molecule has 0 aliphatic carbocycles. The van der Waals surface area contributed by atoms with E-state index in [-0.39, 0.29) is 25.0 Å². The Bertz CT molecular complexity index is 572. The highest BCUT2D eigenvalue weighted by molar-refractivity contribution is 6.33. The van der Waals surface area contributed by atoms with Gasteiger partial charge in [0, 0.05) is 33.3 Å². The van der Waals surface area contributed by atoms with Gasteiger partial charge in [0.1, 0.15) is 6.61 Å². The zero-order valence-electron chi connectivity index (χ0n) is 13.5. The predicted molar refractivity (Wildman–Crippen MR) is 89.7 cm³/mol. The van der Waals surface area contributed by atoms with Crippen LogP contribution in [0.15, 0.2) is 18.2 Å². The normalized spacial score (nSPS) is 15.5. The lowest BCUT2D eigenvalue weighted by Crippen LogP contribution is -2.51. The molecule has 7 heteroatoms. The first-order valence-electron chi connectivity index (χ1n) is 7.54. The second-order valence-corrected chi connectivity index (χ2v) is 6.03. The molecule has 2 rings (SSSR count). The quantitative estimate of drug-likeness (QED) is 0.880. The van der Waals surface area contributed by atoms with Crippen molar-refractivity contribution in [2.24, 2.45) is 0 Å². The molecule has 1 fully saturated rings. The van der Waals surface area contributed by atoms with Crippen molar-refractivity contribution >= 4 is 29.1 Å². The van der Waals surface area contributed by atoms with Crippen LogP contribution < -0.4 is 5.32 Å². The van der Waals surface area contributed by atoms with Crippen molar-refractivity contribution in [3.63, 3.8) is 0 Å². The molecule has 0 radical (unpaired) electrons. The third kappa shape index (κ3) is 5.20. The Morgan fingerprint density at radius 3 is 2.57 bits per heavy atom. The van der Waals surface area contributed by atoms with Crippen LogP contribution in [0.4, 0.5) is 5.69 Å². The number of methoxy groups -OCH3 is 1. The van der Waals surface area contributed by atoms with E-state index >= 15 is 0 Å². The van der Waals surface area contributed by atoms with E-state index in [1.54, 1.807) is 11.0 Å². The van der Waals surface area contributed by atoms with Gasteiger partial charge >= 0.3 is 0 Å². The molecule has 0 unspecified atom stereocenters. The second kappa shape index (κ2) is 8.29. The van der Waals surface area contributed by atoms with Crippen LogP contribution in [0.25, 0.3) is 0 Å². The van der Waals surface area contributed by atoms with Crippen molar-refractivity contribution in [3.8, 4) is 0 Å². The number of nitrogens with zero attached hydrogens (tertiary/aromatic N) is 2. The number of hydrogen-bond donors (Lipinski definition) is 1. The third-order valence-electron chi connectivity index (χ3n) is 3.76. The first kappa shape index (κ1) is 17.7. The summed E-state index contributed by atoms with van der Waals surface area (Å²) in [4.78, 5) is 27.6. The number of benzene rings is 1. The fourth-order valence-electron chi connectivity index (χ4n) is 2.48. The number of rotatable bonds is 5. The fraction of sp³-hybridized carbons (Fsp3) is 0.500. The Morgan fingerprint density at radius 2 is 1.96 bits per heavy atom. The van der Waals surface area contributed by atoms with Gasteiger partial charge in [-0.25, -0.2) is 0 Å². The molecule has 1 aromatic rings. The molecular formula is C16H22ClN3O3. The van der Waals surface area contributed by atoms with E-state index in [2.05, 4.69) is 5.32 Å². The maximum atomic E-state index is 12.1. The minimum Gasteiger partial charge on any atom is -0.375 e. The average molecular weight is 340 g/mol. The number of aryl methyl sites for hydroxylation is 1. The Hall–Kier alpha value is -1.63. The van der Waals surface area contributed by atoms with E-state index in [0.29, 0.717) is 36.9 Å². The molecule has 1 aliphatic heterocycles. The molecule has 126 valence electrons. The fourth-order valence-corrected chi connectivity index (χ4v) is 2.77. The number of carbonyl (C=O) groups excluding carboxylic acids is 2. The van der Waals surface area contributed by atoms with E-state index in [4.69, 9.17) is 16.3 Å². The number of carbonyl (C=O) groups is 2. The predicted octanol–water partition coefficient (Wildman–Crippen LogP) is 1.38. The Kier molecular flexibility index (Phi) is 6.38. The molecule has 0 aromatic heterocycles. The number of hydrogen-bond acceptors (Lipinski definition) is 4. The van der Waals surface area contributed by atoms with Crippen molar-refractivity contribution in [1.29, 1.82) is 0 Å². The van der Waals surface area contributed by atoms with Gasteiger partial charge in [-0.05, 0) is 24.6 Å². The van der Waals surface area contributed by atoms with Crippen molar-refractivity contribution in [2.45, 2.75) is 6.92 Å². The molecule has 1 heterocycles. The van der Waals surface area contributed by atoms with Gasteiger partial charge in [-0.1, -0.05) is 17.7 Å². The molecule has 1 aliphatic rings. The summed E-state index contributed by atoms with van der Waals surface area (Å²) in [7, 11) is 1.51. The van der Waals surface area contributed by atoms with Gasteiger partial charge in [-0.2, -0.15) is 0 Å². The van der Waals surface area contributed by atoms with Crippen LogP contribution in [0.5, 0.6) is 0 Å². The summed E-state index contributed by atoms with van der Waals surface area (Å²) in [6.07, 6.45) is 0. The van der Waals surface area contributed by atoms with E-state index in [0.717, 1.165) is 5.56 Å². The summed E-state index contributed by atoms with van der Waals surface area (Å²) in [6, 6.07) is 5.52. The largest absolute Gasteiger partial charge is 0.375 e. The maximum absolute atomic E-state index is 12.1. The van der Waals surface area contributed by atoms with Crippen molar-refractivity contribution in [3.05, 3.63) is 28.8 Å². The van der Waals surface area contributed by atoms with Gasteiger partial charge in [0.2, 0.25) is 11.8 Å². The lowest BCUT2D eigenvalue weighted by molar-refractivity contribution is -0.137. The molecule has 1 saturated heterocycles. The van der Waals surface area contributed by atoms with E-state index in [9.17, 15) is 9.59 Å². The monoisotopic (exact) mass is 339 g/mol. The molecule has 0 spiro atoms. The van der Waals surface area contributed by atoms with Crippen LogP contribution in [0.1, 0.15) is 5.56 Å². The van der Waals surface area contributed by atoms with Gasteiger partial charge in [0.05, 0.1) is 17.3 Å². The van der Waals surface area contributed by atoms with Crippen LogP contribution in [0.3, 0.4) is 0 Å². The maximum Gasteiger partial charge on any atom is 0.248 e. The summed E-state index contributed by atoms with van der Waals surface area (Å²) < 4.78 is 4.85. The lowest BCUT2D eigenvalue weighted by atomic mass is 10.2. The smallest absolute Gasteiger partial charge is 0.248 e. The number of halogens is 1. The van der Waals surface area contributed by atoms with E-state index in [1.807, 2.05) is 24.0 Å². The lowest BCUT2D eigenvalue weighted by Gasteiger charge is -2.34. The number of nitrogens with one attached hydrogen (secondary N) is 1. The minimum atomic E-state index is -0.104. The van der Waals surface area contributed by atoms with Crippen LogP contribution in [-0.4, -0.2) is 68.1 Å². The topological polar surface area (TPSA) is 61.9 Å². The van der Waals surface area contributed by atoms with Crippen LogP contribution in [0, 0.1) is 6.92 Å². The zero-order chi connectivity index (χ0) is 16.8. The highest BCUT2D eigenvalue weighted by Crippen LogP contribution is 2.22. The van der Waals surface area contributed by atoms with Crippen LogP contribution in [-0.2, 0) is 14.3 Å². The minimum absolute atomic E-state index is 0.0111. The number of amides is 2. The highest BCUT2D eigenvalue weighted by atomic mass is 35.5. The van der Waals surface area contributed by atoms with Crippen molar-refractivity contribution in [1.82, 2.24) is 9.80 Å². The molecule has 0 saturated carbocycles. The summed E-state index contributed by atoms with van der Waals surface area (Å²) in [6.45, 7) is 4.90. The van der Waals surface area contributed by atoms with E-state index < -0.39 is 0 Å². The first-order chi connectivity index (χ1) is 11.0. The highest BCUT2D eigenvalue weighted by Gasteiger charge is 2.22. The van der Waals surface area contributed by atoms with Crippen molar-refractivity contribution in [2.75, 3.05) is 51.8 Å². The van der Waals surface area contributed by atoms with Crippen LogP contribution in [0.2, 0.25) is 5.02 Å². The Balaban J connectivity index is 1.79. The standard InChI is InChI=1S/C16H22ClN3O3/c1-12-3-4-14(13(17)9-12)18-15(21)10-19-5-7-20(8-6-19)16(22)11-23-2/h3-4,9H,5-8,10-11H2,1-2H3,(H,18,21). The molecule has 0 atom stereocenters. The van der Waals surface area contributed by atoms with Gasteiger partial charge in [0.25, 0.3) is 0 Å². The average Bonchev–Trinajstić information content (AvgIpc) is 2.51. The number of anilines is 1. The molecule has 0 bridgehead atoms. The van der Waals surface area contributed by atoms with Gasteiger partial charge in [0.15, 0.2) is 0 Å². The molecule has 1 N–H and O–H groups in total. The number of ether oxygens (including phenoxy) is 1. The third-order valence-corrected chi connectivity index (χ3v) is 4.07. The molecule has 2 amide bonds. The summed E-state index contributed by atoms with van der Waals surface area (Å²) in [5.41, 5.74) is 1.67. The second-order valence-electron chi connectivity index (χ2n) is 5.62. The summed E-state index contributed by atoms with van der Waals surface area (Å²) in [5, 5.41) is 3.36. The van der Waals surface area contributed by atoms with E-state index in [1.165, 1.54) is 7.11 Å². The van der Waals surface area contributed by atoms with Crippen LogP contribution >= 0.6 is 11.6 Å². The van der Waals surface area contributed by atoms with Gasteiger partial charge in [-0.15, -0.1) is 0 Å².